The molecule has 0 N–H and O–H groups in total. The molecule has 0 radical (unpaired) electrons. The first-order valence-corrected chi connectivity index (χ1v) is 15.8. The van der Waals surface area contributed by atoms with Gasteiger partial charge in [0.25, 0.3) is 0 Å². The van der Waals surface area contributed by atoms with E-state index in [2.05, 4.69) is 75.1 Å². The van der Waals surface area contributed by atoms with Crippen LogP contribution >= 0.6 is 0 Å². The van der Waals surface area contributed by atoms with E-state index in [1.54, 1.807) is 10.8 Å². The number of rotatable bonds is 6. The minimum atomic E-state index is -1.25. The van der Waals surface area contributed by atoms with E-state index in [0.29, 0.717) is 5.41 Å². The lowest BCUT2D eigenvalue weighted by molar-refractivity contribution is 0.217. The molecule has 2 aliphatic rings. The molecule has 2 aliphatic carbocycles. The van der Waals surface area contributed by atoms with Crippen LogP contribution in [0.3, 0.4) is 0 Å². The molecule has 160 valence electrons. The van der Waals surface area contributed by atoms with Crippen molar-refractivity contribution in [2.45, 2.75) is 90.8 Å². The molecule has 0 aromatic heterocycles. The summed E-state index contributed by atoms with van der Waals surface area (Å²) in [6.45, 7) is 9.66. The van der Waals surface area contributed by atoms with E-state index in [9.17, 15) is 0 Å². The lowest BCUT2D eigenvalue weighted by Crippen LogP contribution is -2.37. The van der Waals surface area contributed by atoms with Gasteiger partial charge in [0, 0.05) is 0 Å². The third kappa shape index (κ3) is 4.67. The van der Waals surface area contributed by atoms with E-state index in [4.69, 9.17) is 0 Å². The maximum absolute atomic E-state index is 2.57. The molecule has 0 nitrogen and oxygen atoms in total. The monoisotopic (exact) mass is 416 g/mol. The number of hydrogen-bond donors (Lipinski definition) is 0. The van der Waals surface area contributed by atoms with E-state index < -0.39 is 8.07 Å². The molecule has 0 spiro atoms. The molecule has 0 bridgehead atoms. The highest BCUT2D eigenvalue weighted by Gasteiger charge is 2.32. The fourth-order valence-corrected chi connectivity index (χ4v) is 7.12. The van der Waals surface area contributed by atoms with Gasteiger partial charge in [0.1, 0.15) is 0 Å². The fourth-order valence-electron chi connectivity index (χ4n) is 5.96. The Morgan fingerprint density at radius 3 is 2.20 bits per heavy atom. The molecular weight excluding hydrogens is 376 g/mol. The predicted molar refractivity (Wildman–Crippen MR) is 136 cm³/mol. The van der Waals surface area contributed by atoms with Gasteiger partial charge in [-0.2, -0.15) is 0 Å². The third-order valence-corrected chi connectivity index (χ3v) is 9.64. The van der Waals surface area contributed by atoms with Crippen molar-refractivity contribution in [3.8, 4) is 11.1 Å². The molecule has 0 aliphatic heterocycles. The Morgan fingerprint density at radius 2 is 1.57 bits per heavy atom. The molecule has 2 aromatic rings. The van der Waals surface area contributed by atoms with Crippen LogP contribution in [0.1, 0.15) is 75.8 Å². The van der Waals surface area contributed by atoms with Crippen molar-refractivity contribution in [2.75, 3.05) is 0 Å². The Morgan fingerprint density at radius 1 is 0.867 bits per heavy atom. The molecule has 0 saturated heterocycles. The van der Waals surface area contributed by atoms with Crippen LogP contribution in [0.2, 0.25) is 19.6 Å². The first kappa shape index (κ1) is 21.6. The van der Waals surface area contributed by atoms with Crippen molar-refractivity contribution in [3.05, 3.63) is 59.2 Å². The van der Waals surface area contributed by atoms with Gasteiger partial charge in [0.15, 0.2) is 0 Å². The molecule has 0 amide bonds. The van der Waals surface area contributed by atoms with E-state index in [-0.39, 0.29) is 0 Å². The van der Waals surface area contributed by atoms with Crippen LogP contribution in [0, 0.1) is 5.41 Å². The number of fused-ring (bicyclic) bond motifs is 1. The van der Waals surface area contributed by atoms with E-state index >= 15 is 0 Å². The van der Waals surface area contributed by atoms with Crippen LogP contribution in [0.25, 0.3) is 17.2 Å². The molecule has 0 atom stereocenters. The molecule has 30 heavy (non-hydrogen) atoms. The van der Waals surface area contributed by atoms with E-state index in [1.807, 2.05) is 0 Å². The summed E-state index contributed by atoms with van der Waals surface area (Å²) in [6, 6.07) is 16.4. The smallest absolute Gasteiger partial charge is 0.0656 e. The largest absolute Gasteiger partial charge is 0.0775 e. The quantitative estimate of drug-likeness (QED) is 0.328. The number of hydrogen-bond acceptors (Lipinski definition) is 0. The molecule has 0 unspecified atom stereocenters. The second-order valence-electron chi connectivity index (χ2n) is 11.0. The van der Waals surface area contributed by atoms with Crippen LogP contribution in [0.4, 0.5) is 0 Å². The summed E-state index contributed by atoms with van der Waals surface area (Å²) in [6.07, 6.45) is 16.5. The summed E-state index contributed by atoms with van der Waals surface area (Å²) < 4.78 is 0. The molecule has 1 fully saturated rings. The van der Waals surface area contributed by atoms with Crippen molar-refractivity contribution in [1.82, 2.24) is 0 Å². The standard InChI is InChI=1S/C29H40Si/c1-5-17-29(18-8-6-7-9-19-29)22-23-20-25-11-10-12-27(28(25)21-23)24-13-15-26(16-14-24)30(2,3)4/h10-16,21H,5-9,17-20,22H2,1-4H3. The highest BCUT2D eigenvalue weighted by Crippen LogP contribution is 2.46. The molecule has 1 saturated carbocycles. The van der Waals surface area contributed by atoms with E-state index in [1.165, 1.54) is 86.5 Å². The lowest BCUT2D eigenvalue weighted by Gasteiger charge is -2.33. The Bertz CT molecular complexity index is 887. The highest BCUT2D eigenvalue weighted by atomic mass is 28.3. The average Bonchev–Trinajstić information content (AvgIpc) is 2.98. The van der Waals surface area contributed by atoms with Crippen molar-refractivity contribution in [3.63, 3.8) is 0 Å². The summed E-state index contributed by atoms with van der Waals surface area (Å²) in [4.78, 5) is 0. The van der Waals surface area contributed by atoms with Gasteiger partial charge in [-0.1, -0.05) is 118 Å². The molecule has 4 rings (SSSR count). The fraction of sp³-hybridized carbons (Fsp3) is 0.517. The van der Waals surface area contributed by atoms with Crippen molar-refractivity contribution >= 4 is 19.3 Å². The Kier molecular flexibility index (Phi) is 6.39. The first-order chi connectivity index (χ1) is 14.4. The minimum Gasteiger partial charge on any atom is -0.0656 e. The van der Waals surface area contributed by atoms with Crippen molar-refractivity contribution < 1.29 is 0 Å². The second-order valence-corrected chi connectivity index (χ2v) is 16.1. The Hall–Kier alpha value is -1.60. The SMILES string of the molecule is CCCC1(CC2=Cc3c(cccc3-c3ccc([Si](C)(C)C)cc3)C2)CCCCCC1. The lowest BCUT2D eigenvalue weighted by atomic mass is 9.72. The molecule has 0 heterocycles. The molecule has 1 heteroatoms. The number of benzene rings is 2. The zero-order valence-electron chi connectivity index (χ0n) is 19.7. The Balaban J connectivity index is 1.61. The van der Waals surface area contributed by atoms with Crippen LogP contribution in [-0.2, 0) is 6.42 Å². The van der Waals surface area contributed by atoms with Crippen LogP contribution in [0.5, 0.6) is 0 Å². The molecule has 2 aromatic carbocycles. The van der Waals surface area contributed by atoms with Gasteiger partial charge in [-0.3, -0.25) is 0 Å². The third-order valence-electron chi connectivity index (χ3n) is 7.57. The van der Waals surface area contributed by atoms with Crippen LogP contribution < -0.4 is 5.19 Å². The van der Waals surface area contributed by atoms with Crippen molar-refractivity contribution in [1.29, 1.82) is 0 Å². The first-order valence-electron chi connectivity index (χ1n) is 12.3. The predicted octanol–water partition coefficient (Wildman–Crippen LogP) is 8.37. The molecular formula is C29H40Si. The van der Waals surface area contributed by atoms with E-state index in [0.717, 1.165) is 0 Å². The van der Waals surface area contributed by atoms with Gasteiger partial charge >= 0.3 is 0 Å². The van der Waals surface area contributed by atoms with Gasteiger partial charge in [-0.15, -0.1) is 0 Å². The highest BCUT2D eigenvalue weighted by molar-refractivity contribution is 6.88. The number of allylic oxidation sites excluding steroid dienone is 1. The average molecular weight is 417 g/mol. The summed E-state index contributed by atoms with van der Waals surface area (Å²) >= 11 is 0. The Labute approximate surface area is 185 Å². The van der Waals surface area contributed by atoms with Crippen LogP contribution in [-0.4, -0.2) is 8.07 Å². The maximum atomic E-state index is 2.57. The van der Waals surface area contributed by atoms with Gasteiger partial charge in [0.2, 0.25) is 0 Å². The normalized spacial score (nSPS) is 18.6. The zero-order valence-corrected chi connectivity index (χ0v) is 20.7. The zero-order chi connectivity index (χ0) is 21.2. The second kappa shape index (κ2) is 8.87. The minimum absolute atomic E-state index is 0.568. The van der Waals surface area contributed by atoms with Crippen LogP contribution in [0.15, 0.2) is 48.0 Å². The maximum Gasteiger partial charge on any atom is 0.0775 e. The summed E-state index contributed by atoms with van der Waals surface area (Å²) in [5.74, 6) is 0. The topological polar surface area (TPSA) is 0 Å². The summed E-state index contributed by atoms with van der Waals surface area (Å²) in [5, 5.41) is 1.55. The van der Waals surface area contributed by atoms with Gasteiger partial charge in [-0.25, -0.2) is 0 Å². The van der Waals surface area contributed by atoms with Gasteiger partial charge in [0.05, 0.1) is 8.07 Å². The van der Waals surface area contributed by atoms with Gasteiger partial charge < -0.3 is 0 Å². The van der Waals surface area contributed by atoms with Gasteiger partial charge in [-0.05, 0) is 59.8 Å². The summed E-state index contributed by atoms with van der Waals surface area (Å²) in [7, 11) is -1.25. The summed E-state index contributed by atoms with van der Waals surface area (Å²) in [5.41, 5.74) is 8.09. The van der Waals surface area contributed by atoms with Crippen molar-refractivity contribution in [2.24, 2.45) is 5.41 Å².